The van der Waals surface area contributed by atoms with Crippen molar-refractivity contribution in [1.29, 1.82) is 0 Å². The summed E-state index contributed by atoms with van der Waals surface area (Å²) in [7, 11) is 0. The van der Waals surface area contributed by atoms with Gasteiger partial charge in [0.25, 0.3) is 0 Å². The summed E-state index contributed by atoms with van der Waals surface area (Å²) in [6.45, 7) is 7.56. The van der Waals surface area contributed by atoms with Crippen molar-refractivity contribution in [2.45, 2.75) is 27.2 Å². The second-order valence-electron chi connectivity index (χ2n) is 8.36. The van der Waals surface area contributed by atoms with Crippen LogP contribution in [0.2, 0.25) is 0 Å². The van der Waals surface area contributed by atoms with Crippen molar-refractivity contribution in [2.24, 2.45) is 5.41 Å². The first-order valence-electron chi connectivity index (χ1n) is 10.1. The minimum Gasteiger partial charge on any atom is -0.489 e. The largest absolute Gasteiger partial charge is 0.489 e. The Morgan fingerprint density at radius 2 is 1.87 bits per heavy atom. The van der Waals surface area contributed by atoms with Crippen LogP contribution in [0.1, 0.15) is 26.3 Å². The summed E-state index contributed by atoms with van der Waals surface area (Å²) in [4.78, 5) is 15.6. The van der Waals surface area contributed by atoms with Gasteiger partial charge >= 0.3 is 0 Å². The SMILES string of the molecule is CC(=O)NCCc1ccc2nc(Oc3ccc4c(c3)OCC(C)(C)CO4)ccc2c1. The van der Waals surface area contributed by atoms with Crippen LogP contribution in [0, 0.1) is 5.41 Å². The van der Waals surface area contributed by atoms with Crippen LogP contribution in [0.25, 0.3) is 10.9 Å². The molecule has 0 radical (unpaired) electrons. The van der Waals surface area contributed by atoms with Crippen molar-refractivity contribution in [3.63, 3.8) is 0 Å². The molecule has 0 aliphatic carbocycles. The highest BCUT2D eigenvalue weighted by atomic mass is 16.5. The number of fused-ring (bicyclic) bond motifs is 2. The number of nitrogens with zero attached hydrogens (tertiary/aromatic N) is 1. The maximum absolute atomic E-state index is 11.0. The molecule has 0 unspecified atom stereocenters. The van der Waals surface area contributed by atoms with Crippen molar-refractivity contribution < 1.29 is 19.0 Å². The molecule has 30 heavy (non-hydrogen) atoms. The van der Waals surface area contributed by atoms with Crippen molar-refractivity contribution in [1.82, 2.24) is 10.3 Å². The Kier molecular flexibility index (Phi) is 5.48. The maximum Gasteiger partial charge on any atom is 0.219 e. The molecule has 0 saturated carbocycles. The summed E-state index contributed by atoms with van der Waals surface area (Å²) >= 11 is 0. The molecular weight excluding hydrogens is 380 g/mol. The van der Waals surface area contributed by atoms with E-state index in [2.05, 4.69) is 30.2 Å². The number of carbonyl (C=O) groups excluding carboxylic acids is 1. The van der Waals surface area contributed by atoms with Crippen LogP contribution in [0.3, 0.4) is 0 Å². The third-order valence-corrected chi connectivity index (χ3v) is 4.89. The van der Waals surface area contributed by atoms with E-state index in [1.807, 2.05) is 42.5 Å². The van der Waals surface area contributed by atoms with Crippen molar-refractivity contribution >= 4 is 16.8 Å². The lowest BCUT2D eigenvalue weighted by atomic mass is 9.97. The van der Waals surface area contributed by atoms with Gasteiger partial charge in [0.05, 0.1) is 18.7 Å². The Hall–Kier alpha value is -3.28. The molecule has 4 rings (SSSR count). The van der Waals surface area contributed by atoms with Crippen LogP contribution in [-0.4, -0.2) is 30.6 Å². The lowest BCUT2D eigenvalue weighted by molar-refractivity contribution is -0.118. The van der Waals surface area contributed by atoms with E-state index in [1.165, 1.54) is 6.92 Å². The van der Waals surface area contributed by atoms with E-state index >= 15 is 0 Å². The Morgan fingerprint density at radius 3 is 2.67 bits per heavy atom. The first-order chi connectivity index (χ1) is 14.4. The zero-order valence-electron chi connectivity index (χ0n) is 17.5. The van der Waals surface area contributed by atoms with Gasteiger partial charge in [0.15, 0.2) is 11.5 Å². The summed E-state index contributed by atoms with van der Waals surface area (Å²) in [5.74, 6) is 2.56. The number of benzene rings is 2. The molecule has 0 spiro atoms. The zero-order chi connectivity index (χ0) is 21.1. The maximum atomic E-state index is 11.0. The molecular formula is C24H26N2O4. The zero-order valence-corrected chi connectivity index (χ0v) is 17.5. The fraction of sp³-hybridized carbons (Fsp3) is 0.333. The lowest BCUT2D eigenvalue weighted by Gasteiger charge is -2.19. The molecule has 1 amide bonds. The molecule has 1 aliphatic heterocycles. The Morgan fingerprint density at radius 1 is 1.07 bits per heavy atom. The number of aromatic nitrogens is 1. The molecule has 0 bridgehead atoms. The standard InChI is InChI=1S/C24H26N2O4/c1-16(27)25-11-10-17-4-7-20-18(12-17)5-9-23(26-20)30-19-6-8-21-22(13-19)29-15-24(2,3)14-28-21/h4-9,12-13H,10-11,14-15H2,1-3H3,(H,25,27). The molecule has 6 nitrogen and oxygen atoms in total. The highest BCUT2D eigenvalue weighted by Gasteiger charge is 2.25. The summed E-state index contributed by atoms with van der Waals surface area (Å²) in [6, 6.07) is 15.5. The molecule has 2 aromatic carbocycles. The van der Waals surface area contributed by atoms with E-state index in [1.54, 1.807) is 0 Å². The third kappa shape index (κ3) is 4.82. The second-order valence-corrected chi connectivity index (χ2v) is 8.36. The molecule has 1 aromatic heterocycles. The van der Waals surface area contributed by atoms with E-state index in [0.717, 1.165) is 28.6 Å². The van der Waals surface area contributed by atoms with Crippen LogP contribution in [0.15, 0.2) is 48.5 Å². The Labute approximate surface area is 176 Å². The predicted octanol–water partition coefficient (Wildman–Crippen LogP) is 4.50. The molecule has 0 saturated heterocycles. The molecule has 0 fully saturated rings. The molecule has 0 atom stereocenters. The number of carbonyl (C=O) groups is 1. The Bertz CT molecular complexity index is 1080. The van der Waals surface area contributed by atoms with Gasteiger partial charge in [-0.1, -0.05) is 19.9 Å². The molecule has 2 heterocycles. The molecule has 1 N–H and O–H groups in total. The number of amides is 1. The number of rotatable bonds is 5. The second kappa shape index (κ2) is 8.22. The predicted molar refractivity (Wildman–Crippen MR) is 115 cm³/mol. The van der Waals surface area contributed by atoms with Crippen LogP contribution in [0.5, 0.6) is 23.1 Å². The number of nitrogens with one attached hydrogen (secondary N) is 1. The molecule has 156 valence electrons. The van der Waals surface area contributed by atoms with Crippen LogP contribution < -0.4 is 19.5 Å². The van der Waals surface area contributed by atoms with Gasteiger partial charge in [0.1, 0.15) is 5.75 Å². The number of ether oxygens (including phenoxy) is 3. The number of pyridine rings is 1. The number of hydrogen-bond donors (Lipinski definition) is 1. The quantitative estimate of drug-likeness (QED) is 0.675. The Balaban J connectivity index is 1.48. The first kappa shape index (κ1) is 20.0. The van der Waals surface area contributed by atoms with Gasteiger partial charge in [-0.05, 0) is 42.3 Å². The van der Waals surface area contributed by atoms with Gasteiger partial charge in [-0.3, -0.25) is 4.79 Å². The monoisotopic (exact) mass is 406 g/mol. The molecule has 1 aliphatic rings. The van der Waals surface area contributed by atoms with Gasteiger partial charge in [0, 0.05) is 36.4 Å². The van der Waals surface area contributed by atoms with Gasteiger partial charge in [-0.15, -0.1) is 0 Å². The molecule has 3 aromatic rings. The third-order valence-electron chi connectivity index (χ3n) is 4.89. The van der Waals surface area contributed by atoms with Crippen LogP contribution in [0.4, 0.5) is 0 Å². The summed E-state index contributed by atoms with van der Waals surface area (Å²) in [5, 5.41) is 3.85. The fourth-order valence-corrected chi connectivity index (χ4v) is 3.24. The minimum atomic E-state index is -0.0407. The average molecular weight is 406 g/mol. The lowest BCUT2D eigenvalue weighted by Crippen LogP contribution is -2.26. The first-order valence-corrected chi connectivity index (χ1v) is 10.1. The highest BCUT2D eigenvalue weighted by molar-refractivity contribution is 5.80. The fourth-order valence-electron chi connectivity index (χ4n) is 3.24. The van der Waals surface area contributed by atoms with E-state index in [9.17, 15) is 4.79 Å². The van der Waals surface area contributed by atoms with E-state index in [-0.39, 0.29) is 11.3 Å². The van der Waals surface area contributed by atoms with Crippen molar-refractivity contribution in [3.05, 3.63) is 54.1 Å². The van der Waals surface area contributed by atoms with E-state index in [0.29, 0.717) is 37.1 Å². The summed E-state index contributed by atoms with van der Waals surface area (Å²) in [5.41, 5.74) is 1.96. The average Bonchev–Trinajstić information content (AvgIpc) is 2.86. The summed E-state index contributed by atoms with van der Waals surface area (Å²) < 4.78 is 17.8. The van der Waals surface area contributed by atoms with E-state index < -0.39 is 0 Å². The normalized spacial score (nSPS) is 14.8. The smallest absolute Gasteiger partial charge is 0.219 e. The molecule has 6 heteroatoms. The topological polar surface area (TPSA) is 69.7 Å². The van der Waals surface area contributed by atoms with E-state index in [4.69, 9.17) is 14.2 Å². The van der Waals surface area contributed by atoms with Crippen LogP contribution in [-0.2, 0) is 11.2 Å². The minimum absolute atomic E-state index is 0.0160. The van der Waals surface area contributed by atoms with Gasteiger partial charge in [0.2, 0.25) is 11.8 Å². The van der Waals surface area contributed by atoms with Gasteiger partial charge in [-0.2, -0.15) is 0 Å². The van der Waals surface area contributed by atoms with Gasteiger partial charge in [-0.25, -0.2) is 4.98 Å². The number of hydrogen-bond acceptors (Lipinski definition) is 5. The highest BCUT2D eigenvalue weighted by Crippen LogP contribution is 2.37. The van der Waals surface area contributed by atoms with Crippen molar-refractivity contribution in [3.8, 4) is 23.1 Å². The van der Waals surface area contributed by atoms with Crippen molar-refractivity contribution in [2.75, 3.05) is 19.8 Å². The summed E-state index contributed by atoms with van der Waals surface area (Å²) in [6.07, 6.45) is 0.780. The van der Waals surface area contributed by atoms with Crippen LogP contribution >= 0.6 is 0 Å². The van der Waals surface area contributed by atoms with Gasteiger partial charge < -0.3 is 19.5 Å².